The first-order valence-corrected chi connectivity index (χ1v) is 15.0. The van der Waals surface area contributed by atoms with Crippen molar-refractivity contribution in [1.82, 2.24) is 15.5 Å². The third-order valence-electron chi connectivity index (χ3n) is 10.9. The fraction of sp³-hybridized carbons (Fsp3) is 0.800. The lowest BCUT2D eigenvalue weighted by Gasteiger charge is -2.40. The van der Waals surface area contributed by atoms with Crippen LogP contribution in [0.15, 0.2) is 12.7 Å². The van der Waals surface area contributed by atoms with Gasteiger partial charge in [0.1, 0.15) is 6.04 Å². The normalized spacial score (nSPS) is 30.6. The van der Waals surface area contributed by atoms with Gasteiger partial charge < -0.3 is 21.3 Å². The van der Waals surface area contributed by atoms with E-state index in [2.05, 4.69) is 24.1 Å². The highest BCUT2D eigenvalue weighted by Crippen LogP contribution is 2.66. The van der Waals surface area contributed by atoms with E-state index in [0.29, 0.717) is 24.8 Å². The molecule has 3 amide bonds. The molecule has 5 atom stereocenters. The van der Waals surface area contributed by atoms with E-state index in [0.717, 1.165) is 57.8 Å². The molecule has 8 nitrogen and oxygen atoms in total. The first-order chi connectivity index (χ1) is 18.2. The second-order valence-electron chi connectivity index (χ2n) is 13.3. The molecule has 1 heterocycles. The monoisotopic (exact) mass is 526 g/mol. The van der Waals surface area contributed by atoms with Crippen molar-refractivity contribution in [3.8, 4) is 0 Å². The molecule has 1 aliphatic heterocycles. The van der Waals surface area contributed by atoms with Crippen LogP contribution in [-0.2, 0) is 19.2 Å². The summed E-state index contributed by atoms with van der Waals surface area (Å²) >= 11 is 0. The van der Waals surface area contributed by atoms with Gasteiger partial charge in [0.2, 0.25) is 17.6 Å². The molecule has 1 saturated heterocycles. The Morgan fingerprint density at radius 2 is 1.74 bits per heavy atom. The minimum absolute atomic E-state index is 0.0851. The molecule has 5 aliphatic rings. The fourth-order valence-electron chi connectivity index (χ4n) is 8.01. The Kier molecular flexibility index (Phi) is 7.73. The summed E-state index contributed by atoms with van der Waals surface area (Å²) in [6.45, 7) is 6.49. The maximum Gasteiger partial charge on any atom is 0.289 e. The number of hydrogen-bond donors (Lipinski definition) is 3. The summed E-state index contributed by atoms with van der Waals surface area (Å²) in [6, 6.07) is -2.14. The molecule has 5 rings (SSSR count). The molecule has 8 heteroatoms. The zero-order valence-electron chi connectivity index (χ0n) is 23.0. The van der Waals surface area contributed by atoms with Gasteiger partial charge in [0.15, 0.2) is 0 Å². The first kappa shape index (κ1) is 27.4. The lowest BCUT2D eigenvalue weighted by Crippen LogP contribution is -2.59. The smallest absolute Gasteiger partial charge is 0.289 e. The summed E-state index contributed by atoms with van der Waals surface area (Å²) in [6.07, 6.45) is 14.6. The highest BCUT2D eigenvalue weighted by atomic mass is 16.2. The zero-order chi connectivity index (χ0) is 27.1. The van der Waals surface area contributed by atoms with Crippen LogP contribution in [0.2, 0.25) is 0 Å². The van der Waals surface area contributed by atoms with E-state index in [1.165, 1.54) is 25.3 Å². The van der Waals surface area contributed by atoms with E-state index in [1.54, 1.807) is 4.90 Å². The van der Waals surface area contributed by atoms with Crippen molar-refractivity contribution in [2.75, 3.05) is 13.1 Å². The van der Waals surface area contributed by atoms with E-state index in [4.69, 9.17) is 5.73 Å². The Hall–Kier alpha value is -2.22. The summed E-state index contributed by atoms with van der Waals surface area (Å²) in [5.41, 5.74) is 6.71. The molecular weight excluding hydrogens is 480 g/mol. The van der Waals surface area contributed by atoms with Crippen LogP contribution in [0.25, 0.3) is 0 Å². The van der Waals surface area contributed by atoms with Gasteiger partial charge in [-0.25, -0.2) is 0 Å². The van der Waals surface area contributed by atoms with Gasteiger partial charge in [0, 0.05) is 13.1 Å². The molecule has 38 heavy (non-hydrogen) atoms. The number of nitrogens with one attached hydrogen (secondary N) is 2. The number of nitrogens with zero attached hydrogens (tertiary/aromatic N) is 1. The average molecular weight is 527 g/mol. The molecule has 1 unspecified atom stereocenters. The third kappa shape index (κ3) is 5.05. The fourth-order valence-corrected chi connectivity index (χ4v) is 8.01. The molecule has 0 radical (unpaired) electrons. The summed E-state index contributed by atoms with van der Waals surface area (Å²) < 4.78 is 0. The van der Waals surface area contributed by atoms with E-state index in [9.17, 15) is 19.2 Å². The van der Waals surface area contributed by atoms with Crippen molar-refractivity contribution < 1.29 is 19.2 Å². The average Bonchev–Trinajstić information content (AvgIpc) is 3.46. The van der Waals surface area contributed by atoms with Gasteiger partial charge in [-0.15, -0.1) is 6.58 Å². The van der Waals surface area contributed by atoms with Crippen molar-refractivity contribution in [3.63, 3.8) is 0 Å². The topological polar surface area (TPSA) is 122 Å². The number of amides is 3. The molecule has 210 valence electrons. The Balaban J connectivity index is 1.36. The largest absolute Gasteiger partial charge is 0.346 e. The van der Waals surface area contributed by atoms with Gasteiger partial charge in [-0.2, -0.15) is 0 Å². The van der Waals surface area contributed by atoms with Crippen LogP contribution in [0.3, 0.4) is 0 Å². The Labute approximate surface area is 226 Å². The van der Waals surface area contributed by atoms with Gasteiger partial charge in [-0.1, -0.05) is 51.5 Å². The van der Waals surface area contributed by atoms with Crippen LogP contribution in [-0.4, -0.2) is 59.6 Å². The van der Waals surface area contributed by atoms with E-state index < -0.39 is 29.8 Å². The van der Waals surface area contributed by atoms with E-state index in [1.807, 2.05) is 0 Å². The SMILES string of the molecule is C=CCNC(=O)C(=O)C(CC1CCC1)NC(=O)[C@@H]1[C@H]2CCC3(CC3)[C@H]2CN1C(=O)[C@@H](N)C1(C)CCCCC1. The maximum absolute atomic E-state index is 14.0. The van der Waals surface area contributed by atoms with Crippen LogP contribution in [0, 0.1) is 28.6 Å². The number of carbonyl (C=O) groups is 4. The van der Waals surface area contributed by atoms with Crippen molar-refractivity contribution in [3.05, 3.63) is 12.7 Å². The number of carbonyl (C=O) groups excluding carboxylic acids is 4. The first-order valence-electron chi connectivity index (χ1n) is 15.0. The molecule has 0 aromatic carbocycles. The number of ketones is 1. The van der Waals surface area contributed by atoms with Crippen LogP contribution in [0.1, 0.15) is 90.4 Å². The Bertz CT molecular complexity index is 965. The van der Waals surface area contributed by atoms with E-state index >= 15 is 0 Å². The Morgan fingerprint density at radius 1 is 1.03 bits per heavy atom. The third-order valence-corrected chi connectivity index (χ3v) is 10.9. The number of hydrogen-bond acceptors (Lipinski definition) is 5. The second-order valence-corrected chi connectivity index (χ2v) is 13.3. The van der Waals surface area contributed by atoms with E-state index in [-0.39, 0.29) is 35.1 Å². The summed E-state index contributed by atoms with van der Waals surface area (Å²) in [4.78, 5) is 55.4. The van der Waals surface area contributed by atoms with Crippen molar-refractivity contribution in [2.24, 2.45) is 34.3 Å². The number of fused-ring (bicyclic) bond motifs is 2. The molecule has 0 aromatic rings. The summed E-state index contributed by atoms with van der Waals surface area (Å²) in [7, 11) is 0. The second kappa shape index (κ2) is 10.7. The lowest BCUT2D eigenvalue weighted by molar-refractivity contribution is -0.145. The minimum Gasteiger partial charge on any atom is -0.346 e. The molecular formula is C30H46N4O4. The van der Waals surface area contributed by atoms with Crippen molar-refractivity contribution >= 4 is 23.5 Å². The summed E-state index contributed by atoms with van der Waals surface area (Å²) in [5.74, 6) is -1.00. The summed E-state index contributed by atoms with van der Waals surface area (Å²) in [5, 5.41) is 5.54. The van der Waals surface area contributed by atoms with Crippen molar-refractivity contribution in [1.29, 1.82) is 0 Å². The molecule has 0 bridgehead atoms. The predicted molar refractivity (Wildman–Crippen MR) is 145 cm³/mol. The van der Waals surface area contributed by atoms with Crippen LogP contribution in [0.4, 0.5) is 0 Å². The van der Waals surface area contributed by atoms with Crippen LogP contribution < -0.4 is 16.4 Å². The molecule has 4 aliphatic carbocycles. The van der Waals surface area contributed by atoms with Crippen LogP contribution in [0.5, 0.6) is 0 Å². The highest BCUT2D eigenvalue weighted by Gasteiger charge is 2.64. The quantitative estimate of drug-likeness (QED) is 0.299. The molecule has 4 N–H and O–H groups in total. The highest BCUT2D eigenvalue weighted by molar-refractivity contribution is 6.38. The van der Waals surface area contributed by atoms with Crippen molar-refractivity contribution in [2.45, 2.75) is 109 Å². The van der Waals surface area contributed by atoms with Gasteiger partial charge in [-0.05, 0) is 73.5 Å². The standard InChI is InChI=1S/C30H46N4O4/c1-3-16-32-27(37)24(35)22(17-19-8-7-9-19)33-26(36)23-20-10-13-30(14-15-30)21(20)18-34(23)28(38)25(31)29(2)11-5-4-6-12-29/h3,19-23,25H,1,4-18,31H2,2H3,(H,32,37)(H,33,36)/t20-,21-,22?,23-,25+/m0/s1. The minimum atomic E-state index is -0.880. The predicted octanol–water partition coefficient (Wildman–Crippen LogP) is 2.85. The van der Waals surface area contributed by atoms with Gasteiger partial charge >= 0.3 is 0 Å². The lowest BCUT2D eigenvalue weighted by atomic mass is 9.70. The van der Waals surface area contributed by atoms with Gasteiger partial charge in [0.05, 0.1) is 12.1 Å². The number of likely N-dealkylation sites (tertiary alicyclic amines) is 1. The zero-order valence-corrected chi connectivity index (χ0v) is 23.0. The van der Waals surface area contributed by atoms with Crippen LogP contribution >= 0.6 is 0 Å². The number of nitrogens with two attached hydrogens (primary N) is 1. The molecule has 5 fully saturated rings. The Morgan fingerprint density at radius 3 is 2.34 bits per heavy atom. The van der Waals surface area contributed by atoms with Gasteiger partial charge in [-0.3, -0.25) is 19.2 Å². The maximum atomic E-state index is 14.0. The number of Topliss-reactive ketones (excluding diaryl/α,β-unsaturated/α-hetero) is 1. The molecule has 4 saturated carbocycles. The molecule has 1 spiro atoms. The van der Waals surface area contributed by atoms with Gasteiger partial charge in [0.25, 0.3) is 5.91 Å². The number of rotatable bonds is 10. The molecule has 0 aromatic heterocycles.